The highest BCUT2D eigenvalue weighted by Gasteiger charge is 2.17. The summed E-state index contributed by atoms with van der Waals surface area (Å²) < 4.78 is 10.1. The van der Waals surface area contributed by atoms with Crippen LogP contribution in [0.5, 0.6) is 23.0 Å². The number of aromatic hydroxyl groups is 2. The third-order valence-electron chi connectivity index (χ3n) is 4.80. The van der Waals surface area contributed by atoms with Gasteiger partial charge in [0.15, 0.2) is 17.5 Å². The molecule has 4 aromatic rings. The number of carbonyl (C=O) groups excluding carboxylic acids is 2. The third kappa shape index (κ3) is 5.65. The number of hydrogen-bond donors (Lipinski definition) is 2. The van der Waals surface area contributed by atoms with Crippen LogP contribution in [-0.2, 0) is 9.59 Å². The maximum Gasteiger partial charge on any atom is 0.167 e. The first-order valence-electron chi connectivity index (χ1n) is 10.4. The minimum Gasteiger partial charge on any atom is -0.546 e. The number of phenolic OH excluding ortho intramolecular Hbond substituents is 2. The molecule has 4 rings (SSSR count). The van der Waals surface area contributed by atoms with Crippen molar-refractivity contribution in [3.63, 3.8) is 0 Å². The standard InChI is InChI=1S/C25H19N3O8/c29-19-10-15(35-12-21(31)32)6-8-17(19)24-26-23(14-4-2-1-3-5-14)27-25(28-24)18-9-7-16(11-20(18)30)36-13-22(33)34/h1-11,29-30H,12-13H2,(H,31,32)(H,33,34)/p-2. The van der Waals surface area contributed by atoms with Crippen molar-refractivity contribution in [2.75, 3.05) is 13.2 Å². The first-order valence-corrected chi connectivity index (χ1v) is 10.4. The summed E-state index contributed by atoms with van der Waals surface area (Å²) in [5.74, 6) is -2.80. The number of rotatable bonds is 9. The van der Waals surface area contributed by atoms with Crippen LogP contribution in [0.4, 0.5) is 0 Å². The average Bonchev–Trinajstić information content (AvgIpc) is 2.86. The van der Waals surface area contributed by atoms with E-state index in [2.05, 4.69) is 15.0 Å². The normalized spacial score (nSPS) is 10.6. The first kappa shape index (κ1) is 24.0. The molecule has 0 fully saturated rings. The minimum absolute atomic E-state index is 0.0690. The summed E-state index contributed by atoms with van der Waals surface area (Å²) in [7, 11) is 0. The van der Waals surface area contributed by atoms with Gasteiger partial charge in [-0.2, -0.15) is 0 Å². The zero-order valence-electron chi connectivity index (χ0n) is 18.5. The molecule has 2 N–H and O–H groups in total. The summed E-state index contributed by atoms with van der Waals surface area (Å²) in [6, 6.07) is 17.1. The van der Waals surface area contributed by atoms with E-state index < -0.39 is 25.2 Å². The van der Waals surface area contributed by atoms with E-state index in [0.717, 1.165) is 0 Å². The van der Waals surface area contributed by atoms with Crippen LogP contribution in [0.25, 0.3) is 34.2 Å². The number of benzene rings is 3. The molecular formula is C25H17N3O8-2. The second kappa shape index (κ2) is 10.4. The van der Waals surface area contributed by atoms with E-state index >= 15 is 0 Å². The fourth-order valence-electron chi connectivity index (χ4n) is 3.20. The summed E-state index contributed by atoms with van der Waals surface area (Å²) in [5, 5.41) is 42.4. The molecule has 1 heterocycles. The summed E-state index contributed by atoms with van der Waals surface area (Å²) in [5.41, 5.74) is 1.04. The molecule has 0 saturated carbocycles. The van der Waals surface area contributed by atoms with Gasteiger partial charge in [0.25, 0.3) is 0 Å². The number of phenols is 2. The van der Waals surface area contributed by atoms with Gasteiger partial charge in [-0.15, -0.1) is 0 Å². The first-order chi connectivity index (χ1) is 17.3. The number of carbonyl (C=O) groups is 2. The SMILES string of the molecule is O=C([O-])COc1ccc(-c2nc(-c3ccccc3)nc(-c3ccc(OCC(=O)[O-])cc3O)n2)c(O)c1. The maximum atomic E-state index is 10.6. The van der Waals surface area contributed by atoms with Gasteiger partial charge in [0, 0.05) is 17.7 Å². The van der Waals surface area contributed by atoms with Gasteiger partial charge < -0.3 is 39.5 Å². The molecule has 11 nitrogen and oxygen atoms in total. The fourth-order valence-corrected chi connectivity index (χ4v) is 3.20. The highest BCUT2D eigenvalue weighted by atomic mass is 16.5. The number of hydrogen-bond acceptors (Lipinski definition) is 11. The van der Waals surface area contributed by atoms with Gasteiger partial charge in [-0.25, -0.2) is 15.0 Å². The number of aliphatic carboxylic acids is 2. The Kier molecular flexibility index (Phi) is 6.91. The van der Waals surface area contributed by atoms with E-state index in [1.807, 2.05) is 6.07 Å². The molecule has 0 radical (unpaired) electrons. The Morgan fingerprint density at radius 3 is 1.53 bits per heavy atom. The molecule has 0 aliphatic heterocycles. The number of aromatic nitrogens is 3. The monoisotopic (exact) mass is 487 g/mol. The topological polar surface area (TPSA) is 178 Å². The van der Waals surface area contributed by atoms with E-state index in [1.165, 1.54) is 36.4 Å². The lowest BCUT2D eigenvalue weighted by molar-refractivity contribution is -0.308. The van der Waals surface area contributed by atoms with Crippen LogP contribution in [0.3, 0.4) is 0 Å². The van der Waals surface area contributed by atoms with E-state index in [4.69, 9.17) is 9.47 Å². The van der Waals surface area contributed by atoms with Crippen molar-refractivity contribution in [2.45, 2.75) is 0 Å². The van der Waals surface area contributed by atoms with Gasteiger partial charge in [0.05, 0.1) is 23.1 Å². The minimum atomic E-state index is -1.41. The van der Waals surface area contributed by atoms with Crippen molar-refractivity contribution >= 4 is 11.9 Å². The lowest BCUT2D eigenvalue weighted by atomic mass is 10.1. The summed E-state index contributed by atoms with van der Waals surface area (Å²) in [6.07, 6.45) is 0. The van der Waals surface area contributed by atoms with Gasteiger partial charge in [-0.1, -0.05) is 30.3 Å². The van der Waals surface area contributed by atoms with Crippen LogP contribution in [0.15, 0.2) is 66.7 Å². The second-order valence-electron chi connectivity index (χ2n) is 7.35. The van der Waals surface area contributed by atoms with Gasteiger partial charge in [-0.05, 0) is 24.3 Å². The van der Waals surface area contributed by atoms with Crippen molar-refractivity contribution < 1.29 is 39.5 Å². The number of carboxylic acids is 2. The zero-order valence-corrected chi connectivity index (χ0v) is 18.5. The van der Waals surface area contributed by atoms with Gasteiger partial charge in [-0.3, -0.25) is 0 Å². The van der Waals surface area contributed by atoms with E-state index in [9.17, 15) is 30.0 Å². The van der Waals surface area contributed by atoms with Crippen molar-refractivity contribution in [1.29, 1.82) is 0 Å². The summed E-state index contributed by atoms with van der Waals surface area (Å²) >= 11 is 0. The Morgan fingerprint density at radius 1 is 0.667 bits per heavy atom. The summed E-state index contributed by atoms with van der Waals surface area (Å²) in [4.78, 5) is 34.6. The van der Waals surface area contributed by atoms with Gasteiger partial charge in [0.2, 0.25) is 0 Å². The molecule has 3 aromatic carbocycles. The molecule has 11 heteroatoms. The summed E-state index contributed by atoms with van der Waals surface area (Å²) in [6.45, 7) is -1.37. The molecular weight excluding hydrogens is 470 g/mol. The molecule has 0 aliphatic carbocycles. The van der Waals surface area contributed by atoms with Gasteiger partial charge in [0.1, 0.15) is 36.2 Å². The Hall–Kier alpha value is -5.19. The predicted molar refractivity (Wildman–Crippen MR) is 120 cm³/mol. The molecule has 0 amide bonds. The lowest BCUT2D eigenvalue weighted by Crippen LogP contribution is -2.28. The molecule has 0 unspecified atom stereocenters. The van der Waals surface area contributed by atoms with Crippen LogP contribution >= 0.6 is 0 Å². The third-order valence-corrected chi connectivity index (χ3v) is 4.80. The van der Waals surface area contributed by atoms with Crippen LogP contribution in [0, 0.1) is 0 Å². The van der Waals surface area contributed by atoms with Crippen LogP contribution in [0.1, 0.15) is 0 Å². The average molecular weight is 487 g/mol. The molecule has 0 aliphatic rings. The fraction of sp³-hybridized carbons (Fsp3) is 0.0800. The second-order valence-corrected chi connectivity index (χ2v) is 7.35. The molecule has 0 bridgehead atoms. The highest BCUT2D eigenvalue weighted by Crippen LogP contribution is 2.35. The Balaban J connectivity index is 1.78. The molecule has 1 aromatic heterocycles. The molecule has 0 saturated heterocycles. The largest absolute Gasteiger partial charge is 0.546 e. The number of ether oxygens (including phenoxy) is 2. The van der Waals surface area contributed by atoms with Gasteiger partial charge >= 0.3 is 0 Å². The molecule has 182 valence electrons. The van der Waals surface area contributed by atoms with Crippen LogP contribution in [0.2, 0.25) is 0 Å². The van der Waals surface area contributed by atoms with Crippen molar-refractivity contribution in [1.82, 2.24) is 15.0 Å². The predicted octanol–water partition coefficient (Wildman–Crippen LogP) is 0.541. The van der Waals surface area contributed by atoms with Crippen molar-refractivity contribution in [2.24, 2.45) is 0 Å². The number of nitrogens with zero attached hydrogens (tertiary/aromatic N) is 3. The highest BCUT2D eigenvalue weighted by molar-refractivity contribution is 5.73. The molecule has 0 atom stereocenters. The van der Waals surface area contributed by atoms with Crippen LogP contribution < -0.4 is 19.7 Å². The quantitative estimate of drug-likeness (QED) is 0.337. The lowest BCUT2D eigenvalue weighted by Gasteiger charge is -2.12. The van der Waals surface area contributed by atoms with E-state index in [-0.39, 0.29) is 51.6 Å². The Morgan fingerprint density at radius 2 is 1.11 bits per heavy atom. The maximum absolute atomic E-state index is 10.6. The van der Waals surface area contributed by atoms with Crippen molar-refractivity contribution in [3.8, 4) is 57.2 Å². The smallest absolute Gasteiger partial charge is 0.167 e. The Labute approximate surface area is 203 Å². The van der Waals surface area contributed by atoms with Crippen LogP contribution in [-0.4, -0.2) is 50.3 Å². The van der Waals surface area contributed by atoms with E-state index in [1.54, 1.807) is 24.3 Å². The van der Waals surface area contributed by atoms with E-state index in [0.29, 0.717) is 5.56 Å². The molecule has 0 spiro atoms. The Bertz CT molecular complexity index is 1340. The molecule has 36 heavy (non-hydrogen) atoms. The zero-order chi connectivity index (χ0) is 25.7. The van der Waals surface area contributed by atoms with Crippen molar-refractivity contribution in [3.05, 3.63) is 66.7 Å². The number of carboxylic acid groups (broad SMARTS) is 2.